The van der Waals surface area contributed by atoms with Gasteiger partial charge in [0.25, 0.3) is 0 Å². The molecule has 0 radical (unpaired) electrons. The largest absolute Gasteiger partial charge is 0.330 e. The third-order valence-electron chi connectivity index (χ3n) is 3.82. The lowest BCUT2D eigenvalue weighted by Gasteiger charge is -2.14. The van der Waals surface area contributed by atoms with Crippen LogP contribution in [0.1, 0.15) is 24.0 Å². The van der Waals surface area contributed by atoms with Crippen LogP contribution in [0.2, 0.25) is 0 Å². The van der Waals surface area contributed by atoms with E-state index in [0.717, 1.165) is 24.0 Å². The number of nitrogens with one attached hydrogen (secondary N) is 1. The summed E-state index contributed by atoms with van der Waals surface area (Å²) in [5.74, 6) is 0. The summed E-state index contributed by atoms with van der Waals surface area (Å²) >= 11 is 0. The minimum atomic E-state index is -3.41. The first-order valence-corrected chi connectivity index (χ1v) is 7.64. The van der Waals surface area contributed by atoms with Crippen LogP contribution in [0.5, 0.6) is 0 Å². The van der Waals surface area contributed by atoms with E-state index in [1.807, 2.05) is 19.9 Å². The fourth-order valence-electron chi connectivity index (χ4n) is 1.84. The van der Waals surface area contributed by atoms with Gasteiger partial charge in [0, 0.05) is 6.54 Å². The zero-order valence-corrected chi connectivity index (χ0v) is 11.7. The Hall–Kier alpha value is -0.910. The molecule has 0 atom stereocenters. The molecule has 4 nitrogen and oxygen atoms in total. The van der Waals surface area contributed by atoms with Crippen molar-refractivity contribution >= 4 is 10.0 Å². The molecule has 1 saturated carbocycles. The number of sulfonamides is 1. The lowest BCUT2D eigenvalue weighted by Crippen LogP contribution is -2.33. The highest BCUT2D eigenvalue weighted by molar-refractivity contribution is 7.89. The van der Waals surface area contributed by atoms with Gasteiger partial charge in [-0.3, -0.25) is 0 Å². The van der Waals surface area contributed by atoms with Crippen LogP contribution in [0.4, 0.5) is 0 Å². The highest BCUT2D eigenvalue weighted by Gasteiger charge is 2.41. The van der Waals surface area contributed by atoms with Crippen molar-refractivity contribution in [2.45, 2.75) is 31.6 Å². The van der Waals surface area contributed by atoms with Gasteiger partial charge in [0.1, 0.15) is 0 Å². The molecule has 0 saturated heterocycles. The molecule has 18 heavy (non-hydrogen) atoms. The number of hydrogen-bond donors (Lipinski definition) is 2. The standard InChI is InChI=1S/C13H20N2O2S/c1-10-3-4-12(7-11(10)2)18(16,17)15-9-13(8-14)5-6-13/h3-4,7,15H,5-6,8-9,14H2,1-2H3. The summed E-state index contributed by atoms with van der Waals surface area (Å²) in [6.07, 6.45) is 2.03. The summed E-state index contributed by atoms with van der Waals surface area (Å²) in [5, 5.41) is 0. The Balaban J connectivity index is 2.13. The van der Waals surface area contributed by atoms with E-state index in [-0.39, 0.29) is 5.41 Å². The Kier molecular flexibility index (Phi) is 3.49. The normalized spacial score (nSPS) is 17.7. The second-order valence-electron chi connectivity index (χ2n) is 5.27. The van der Waals surface area contributed by atoms with Crippen LogP contribution in [-0.4, -0.2) is 21.5 Å². The fourth-order valence-corrected chi connectivity index (χ4v) is 3.08. The molecule has 5 heteroatoms. The van der Waals surface area contributed by atoms with Crippen molar-refractivity contribution in [1.29, 1.82) is 0 Å². The quantitative estimate of drug-likeness (QED) is 0.846. The maximum atomic E-state index is 12.1. The first kappa shape index (κ1) is 13.5. The zero-order chi connectivity index (χ0) is 13.4. The van der Waals surface area contributed by atoms with E-state index in [1.165, 1.54) is 0 Å². The van der Waals surface area contributed by atoms with E-state index in [9.17, 15) is 8.42 Å². The molecule has 1 aromatic rings. The second-order valence-corrected chi connectivity index (χ2v) is 7.04. The maximum absolute atomic E-state index is 12.1. The van der Waals surface area contributed by atoms with Crippen LogP contribution in [0.25, 0.3) is 0 Å². The monoisotopic (exact) mass is 268 g/mol. The molecule has 2 rings (SSSR count). The minimum absolute atomic E-state index is 0.00676. The van der Waals surface area contributed by atoms with Crippen LogP contribution in [0.3, 0.4) is 0 Å². The third-order valence-corrected chi connectivity index (χ3v) is 5.21. The summed E-state index contributed by atoms with van der Waals surface area (Å²) in [6, 6.07) is 5.19. The number of rotatable bonds is 5. The molecule has 1 aliphatic rings. The van der Waals surface area contributed by atoms with Crippen molar-refractivity contribution in [2.75, 3.05) is 13.1 Å². The summed E-state index contributed by atoms with van der Waals surface area (Å²) in [5.41, 5.74) is 7.73. The van der Waals surface area contributed by atoms with E-state index >= 15 is 0 Å². The molecule has 0 amide bonds. The summed E-state index contributed by atoms with van der Waals surface area (Å²) in [4.78, 5) is 0.332. The Labute approximate surface area is 109 Å². The van der Waals surface area contributed by atoms with E-state index in [2.05, 4.69) is 4.72 Å². The van der Waals surface area contributed by atoms with Gasteiger partial charge in [0.05, 0.1) is 4.90 Å². The highest BCUT2D eigenvalue weighted by Crippen LogP contribution is 2.43. The zero-order valence-electron chi connectivity index (χ0n) is 10.9. The molecule has 100 valence electrons. The van der Waals surface area contributed by atoms with Crippen molar-refractivity contribution in [3.63, 3.8) is 0 Å². The third kappa shape index (κ3) is 2.74. The van der Waals surface area contributed by atoms with Gasteiger partial charge in [-0.05, 0) is 61.9 Å². The van der Waals surface area contributed by atoms with Crippen LogP contribution in [0, 0.1) is 19.3 Å². The average Bonchev–Trinajstić information content (AvgIpc) is 3.11. The fraction of sp³-hybridized carbons (Fsp3) is 0.538. The SMILES string of the molecule is Cc1ccc(S(=O)(=O)NCC2(CN)CC2)cc1C. The summed E-state index contributed by atoms with van der Waals surface area (Å²) in [7, 11) is -3.41. The van der Waals surface area contributed by atoms with Crippen molar-refractivity contribution in [3.8, 4) is 0 Å². The lowest BCUT2D eigenvalue weighted by atomic mass is 10.1. The molecular formula is C13H20N2O2S. The summed E-state index contributed by atoms with van der Waals surface area (Å²) in [6.45, 7) is 4.87. The summed E-state index contributed by atoms with van der Waals surface area (Å²) < 4.78 is 26.9. The van der Waals surface area contributed by atoms with E-state index < -0.39 is 10.0 Å². The molecule has 0 spiro atoms. The molecule has 0 aliphatic heterocycles. The van der Waals surface area contributed by atoms with E-state index in [0.29, 0.717) is 18.0 Å². The lowest BCUT2D eigenvalue weighted by molar-refractivity contribution is 0.501. The van der Waals surface area contributed by atoms with Crippen LogP contribution < -0.4 is 10.5 Å². The van der Waals surface area contributed by atoms with Gasteiger partial charge in [0.2, 0.25) is 10.0 Å². The molecule has 1 aliphatic carbocycles. The Morgan fingerprint density at radius 2 is 1.94 bits per heavy atom. The molecule has 0 heterocycles. The predicted molar refractivity (Wildman–Crippen MR) is 71.8 cm³/mol. The number of aryl methyl sites for hydroxylation is 2. The van der Waals surface area contributed by atoms with Gasteiger partial charge >= 0.3 is 0 Å². The molecule has 3 N–H and O–H groups in total. The van der Waals surface area contributed by atoms with Gasteiger partial charge in [0.15, 0.2) is 0 Å². The van der Waals surface area contributed by atoms with E-state index in [4.69, 9.17) is 5.73 Å². The van der Waals surface area contributed by atoms with Gasteiger partial charge < -0.3 is 5.73 Å². The van der Waals surface area contributed by atoms with Gasteiger partial charge in [-0.1, -0.05) is 6.07 Å². The highest BCUT2D eigenvalue weighted by atomic mass is 32.2. The van der Waals surface area contributed by atoms with Gasteiger partial charge in [-0.2, -0.15) is 0 Å². The molecule has 1 aromatic carbocycles. The Morgan fingerprint density at radius 1 is 1.28 bits per heavy atom. The van der Waals surface area contributed by atoms with Crippen LogP contribution in [-0.2, 0) is 10.0 Å². The molecule has 0 aromatic heterocycles. The maximum Gasteiger partial charge on any atom is 0.240 e. The molecule has 0 bridgehead atoms. The van der Waals surface area contributed by atoms with Crippen molar-refractivity contribution in [3.05, 3.63) is 29.3 Å². The average molecular weight is 268 g/mol. The van der Waals surface area contributed by atoms with Crippen molar-refractivity contribution in [2.24, 2.45) is 11.1 Å². The number of hydrogen-bond acceptors (Lipinski definition) is 3. The first-order chi connectivity index (χ1) is 8.38. The van der Waals surface area contributed by atoms with Gasteiger partial charge in [-0.25, -0.2) is 13.1 Å². The number of benzene rings is 1. The van der Waals surface area contributed by atoms with Crippen molar-refractivity contribution < 1.29 is 8.42 Å². The smallest absolute Gasteiger partial charge is 0.240 e. The molecule has 1 fully saturated rings. The number of nitrogens with two attached hydrogens (primary N) is 1. The van der Waals surface area contributed by atoms with Crippen molar-refractivity contribution in [1.82, 2.24) is 4.72 Å². The molecule has 0 unspecified atom stereocenters. The topological polar surface area (TPSA) is 72.2 Å². The van der Waals surface area contributed by atoms with Gasteiger partial charge in [-0.15, -0.1) is 0 Å². The van der Waals surface area contributed by atoms with Crippen LogP contribution in [0.15, 0.2) is 23.1 Å². The first-order valence-electron chi connectivity index (χ1n) is 6.16. The second kappa shape index (κ2) is 4.64. The Bertz CT molecular complexity index is 548. The predicted octanol–water partition coefficient (Wildman–Crippen LogP) is 1.32. The van der Waals surface area contributed by atoms with Crippen LogP contribution >= 0.6 is 0 Å². The van der Waals surface area contributed by atoms with E-state index in [1.54, 1.807) is 12.1 Å². The minimum Gasteiger partial charge on any atom is -0.330 e. The Morgan fingerprint density at radius 3 is 2.44 bits per heavy atom. The molecular weight excluding hydrogens is 248 g/mol.